The number of hydrogen-bond donors (Lipinski definition) is 1. The summed E-state index contributed by atoms with van der Waals surface area (Å²) < 4.78 is 20.6. The van der Waals surface area contributed by atoms with E-state index in [0.29, 0.717) is 24.7 Å². The summed E-state index contributed by atoms with van der Waals surface area (Å²) in [6, 6.07) is 4.41. The summed E-state index contributed by atoms with van der Waals surface area (Å²) in [7, 11) is 0. The average Bonchev–Trinajstić information content (AvgIpc) is 2.39. The fourth-order valence-corrected chi connectivity index (χ4v) is 1.25. The normalized spacial score (nSPS) is 10.2. The van der Waals surface area contributed by atoms with Crippen molar-refractivity contribution in [3.05, 3.63) is 23.8 Å². The smallest absolute Gasteiger partial charge is 0.335 e. The summed E-state index contributed by atoms with van der Waals surface area (Å²) in [5, 5.41) is 9.00. The summed E-state index contributed by atoms with van der Waals surface area (Å²) in [4.78, 5) is 11.0. The van der Waals surface area contributed by atoms with Gasteiger partial charge in [0.2, 0.25) is 0 Å². The lowest BCUT2D eigenvalue weighted by atomic mass is 10.2. The van der Waals surface area contributed by atoms with Crippen LogP contribution in [-0.4, -0.2) is 37.9 Å². The Balaban J connectivity index is 2.75. The first-order chi connectivity index (χ1) is 9.17. The van der Waals surface area contributed by atoms with Gasteiger partial charge in [-0.05, 0) is 26.0 Å². The third kappa shape index (κ3) is 5.58. The van der Waals surface area contributed by atoms with Gasteiger partial charge < -0.3 is 24.1 Å². The van der Waals surface area contributed by atoms with Crippen LogP contribution in [-0.2, 0) is 9.47 Å². The molecular formula is C13H18O6. The monoisotopic (exact) mass is 270 g/mol. The van der Waals surface area contributed by atoms with Crippen LogP contribution >= 0.6 is 0 Å². The Kier molecular flexibility index (Phi) is 6.70. The number of ether oxygens (including phenoxy) is 4. The summed E-state index contributed by atoms with van der Waals surface area (Å²) in [6.45, 7) is 4.84. The van der Waals surface area contributed by atoms with Crippen LogP contribution in [0.4, 0.5) is 0 Å². The molecule has 0 atom stereocenters. The minimum atomic E-state index is -1.05. The fourth-order valence-electron chi connectivity index (χ4n) is 1.25. The van der Waals surface area contributed by atoms with Gasteiger partial charge in [0.05, 0.1) is 5.56 Å². The van der Waals surface area contributed by atoms with Crippen molar-refractivity contribution in [2.75, 3.05) is 26.8 Å². The molecule has 1 N–H and O–H groups in total. The van der Waals surface area contributed by atoms with Crippen molar-refractivity contribution in [3.63, 3.8) is 0 Å². The van der Waals surface area contributed by atoms with Gasteiger partial charge in [-0.1, -0.05) is 0 Å². The van der Waals surface area contributed by atoms with Crippen molar-refractivity contribution in [3.8, 4) is 11.5 Å². The first-order valence-corrected chi connectivity index (χ1v) is 5.96. The van der Waals surface area contributed by atoms with E-state index in [-0.39, 0.29) is 19.1 Å². The van der Waals surface area contributed by atoms with Crippen LogP contribution in [0.2, 0.25) is 0 Å². The van der Waals surface area contributed by atoms with Crippen molar-refractivity contribution >= 4 is 5.97 Å². The molecule has 6 nitrogen and oxygen atoms in total. The van der Waals surface area contributed by atoms with E-state index in [1.165, 1.54) is 12.1 Å². The highest BCUT2D eigenvalue weighted by Gasteiger charge is 2.09. The van der Waals surface area contributed by atoms with Crippen LogP contribution in [0.25, 0.3) is 0 Å². The van der Waals surface area contributed by atoms with Crippen molar-refractivity contribution in [2.45, 2.75) is 13.8 Å². The third-order valence-electron chi connectivity index (χ3n) is 2.15. The molecule has 0 fully saturated rings. The number of rotatable bonds is 9. The van der Waals surface area contributed by atoms with E-state index in [1.54, 1.807) is 6.07 Å². The number of carboxylic acids is 1. The van der Waals surface area contributed by atoms with Gasteiger partial charge in [-0.25, -0.2) is 4.79 Å². The van der Waals surface area contributed by atoms with Gasteiger partial charge in [-0.3, -0.25) is 0 Å². The molecule has 1 rings (SSSR count). The van der Waals surface area contributed by atoms with E-state index < -0.39 is 5.97 Å². The van der Waals surface area contributed by atoms with Gasteiger partial charge in [0.1, 0.15) is 11.5 Å². The molecule has 0 aliphatic carbocycles. The van der Waals surface area contributed by atoms with E-state index in [9.17, 15) is 4.79 Å². The lowest BCUT2D eigenvalue weighted by Gasteiger charge is -2.10. The summed E-state index contributed by atoms with van der Waals surface area (Å²) in [5.74, 6) is -0.303. The molecule has 0 saturated carbocycles. The van der Waals surface area contributed by atoms with E-state index in [0.717, 1.165) is 0 Å². The summed E-state index contributed by atoms with van der Waals surface area (Å²) in [6.07, 6.45) is 0. The van der Waals surface area contributed by atoms with E-state index in [1.807, 2.05) is 13.8 Å². The van der Waals surface area contributed by atoms with Crippen molar-refractivity contribution in [1.82, 2.24) is 0 Å². The average molecular weight is 270 g/mol. The maximum Gasteiger partial charge on any atom is 0.335 e. The topological polar surface area (TPSA) is 74.2 Å². The molecule has 0 spiro atoms. The largest absolute Gasteiger partial charge is 0.478 e. The molecular weight excluding hydrogens is 252 g/mol. The summed E-state index contributed by atoms with van der Waals surface area (Å²) in [5.41, 5.74) is 0.0838. The van der Waals surface area contributed by atoms with Crippen LogP contribution in [0.15, 0.2) is 18.2 Å². The summed E-state index contributed by atoms with van der Waals surface area (Å²) >= 11 is 0. The molecule has 0 amide bonds. The second kappa shape index (κ2) is 8.34. The Labute approximate surface area is 111 Å². The van der Waals surface area contributed by atoms with Crippen LogP contribution in [0.1, 0.15) is 24.2 Å². The van der Waals surface area contributed by atoms with Crippen LogP contribution in [0, 0.1) is 0 Å². The van der Waals surface area contributed by atoms with Crippen LogP contribution in [0.5, 0.6) is 11.5 Å². The van der Waals surface area contributed by atoms with Gasteiger partial charge in [-0.2, -0.15) is 0 Å². The molecule has 1 aromatic rings. The van der Waals surface area contributed by atoms with Gasteiger partial charge in [0, 0.05) is 19.3 Å². The second-order valence-electron chi connectivity index (χ2n) is 3.51. The number of carbonyl (C=O) groups is 1. The predicted octanol–water partition coefficient (Wildman–Crippen LogP) is 2.13. The molecule has 0 radical (unpaired) electrons. The second-order valence-corrected chi connectivity index (χ2v) is 3.51. The number of aromatic carboxylic acids is 1. The van der Waals surface area contributed by atoms with Crippen molar-refractivity contribution < 1.29 is 28.8 Å². The molecule has 19 heavy (non-hydrogen) atoms. The SMILES string of the molecule is CCOCOc1cc(OCOCC)cc(C(=O)O)c1. The Morgan fingerprint density at radius 1 is 1.00 bits per heavy atom. The Morgan fingerprint density at radius 2 is 1.47 bits per heavy atom. The van der Waals surface area contributed by atoms with E-state index >= 15 is 0 Å². The van der Waals surface area contributed by atoms with Crippen LogP contribution < -0.4 is 9.47 Å². The van der Waals surface area contributed by atoms with Gasteiger partial charge >= 0.3 is 5.97 Å². The number of carboxylic acid groups (broad SMARTS) is 1. The zero-order valence-electron chi connectivity index (χ0n) is 11.0. The Hall–Kier alpha value is -1.79. The standard InChI is InChI=1S/C13H18O6/c1-3-16-8-18-11-5-10(13(14)15)6-12(7-11)19-9-17-4-2/h5-7H,3-4,8-9H2,1-2H3,(H,14,15). The van der Waals surface area contributed by atoms with Crippen LogP contribution in [0.3, 0.4) is 0 Å². The molecule has 0 bridgehead atoms. The van der Waals surface area contributed by atoms with Crippen molar-refractivity contribution in [2.24, 2.45) is 0 Å². The van der Waals surface area contributed by atoms with E-state index in [4.69, 9.17) is 24.1 Å². The minimum absolute atomic E-state index is 0.0600. The maximum atomic E-state index is 11.0. The highest BCUT2D eigenvalue weighted by Crippen LogP contribution is 2.23. The first kappa shape index (κ1) is 15.3. The minimum Gasteiger partial charge on any atom is -0.478 e. The lowest BCUT2D eigenvalue weighted by Crippen LogP contribution is -2.06. The molecule has 0 aliphatic heterocycles. The first-order valence-electron chi connectivity index (χ1n) is 5.96. The zero-order chi connectivity index (χ0) is 14.1. The zero-order valence-corrected chi connectivity index (χ0v) is 11.0. The Morgan fingerprint density at radius 3 is 1.84 bits per heavy atom. The predicted molar refractivity (Wildman–Crippen MR) is 67.6 cm³/mol. The fraction of sp³-hybridized carbons (Fsp3) is 0.462. The maximum absolute atomic E-state index is 11.0. The quantitative estimate of drug-likeness (QED) is 0.547. The lowest BCUT2D eigenvalue weighted by molar-refractivity contribution is 0.0179. The van der Waals surface area contributed by atoms with Gasteiger partial charge in [0.25, 0.3) is 0 Å². The number of benzene rings is 1. The molecule has 0 heterocycles. The van der Waals surface area contributed by atoms with Crippen molar-refractivity contribution in [1.29, 1.82) is 0 Å². The van der Waals surface area contributed by atoms with Gasteiger partial charge in [-0.15, -0.1) is 0 Å². The number of hydrogen-bond acceptors (Lipinski definition) is 5. The highest BCUT2D eigenvalue weighted by atomic mass is 16.7. The van der Waals surface area contributed by atoms with E-state index in [2.05, 4.69) is 0 Å². The molecule has 0 aliphatic rings. The molecule has 0 saturated heterocycles. The Bertz CT molecular complexity index is 376. The van der Waals surface area contributed by atoms with Gasteiger partial charge in [0.15, 0.2) is 13.6 Å². The third-order valence-corrected chi connectivity index (χ3v) is 2.15. The highest BCUT2D eigenvalue weighted by molar-refractivity contribution is 5.88. The molecule has 0 unspecified atom stereocenters. The molecule has 6 heteroatoms. The molecule has 106 valence electrons. The molecule has 0 aromatic heterocycles. The molecule has 1 aromatic carbocycles.